The Morgan fingerprint density at radius 2 is 2.38 bits per heavy atom. The number of nitrogens with one attached hydrogen (secondary N) is 1. The molecule has 0 saturated carbocycles. The topological polar surface area (TPSA) is 94.0 Å². The number of hydrogen-bond acceptors (Lipinski definition) is 5. The van der Waals surface area contributed by atoms with Crippen LogP contribution in [0.5, 0.6) is 0 Å². The van der Waals surface area contributed by atoms with Gasteiger partial charge in [0.15, 0.2) is 0 Å². The van der Waals surface area contributed by atoms with Gasteiger partial charge in [-0.2, -0.15) is 0 Å². The van der Waals surface area contributed by atoms with Gasteiger partial charge < -0.3 is 15.5 Å². The van der Waals surface area contributed by atoms with Crippen molar-refractivity contribution in [1.82, 2.24) is 15.5 Å². The maximum atomic E-state index is 10.5. The highest BCUT2D eigenvalue weighted by Crippen LogP contribution is 2.06. The first-order valence-electron chi connectivity index (χ1n) is 3.92. The molecule has 6 nitrogen and oxygen atoms in total. The van der Waals surface area contributed by atoms with E-state index in [1.165, 1.54) is 6.92 Å². The van der Waals surface area contributed by atoms with Crippen LogP contribution in [0.4, 0.5) is 0 Å². The van der Waals surface area contributed by atoms with E-state index in [2.05, 4.69) is 15.5 Å². The van der Waals surface area contributed by atoms with E-state index in [-0.39, 0.29) is 18.5 Å². The fraction of sp³-hybridized carbons (Fsp3) is 0.571. The number of aromatic nitrogens is 2. The molecule has 1 unspecified atom stereocenters. The Balaban J connectivity index is 2.54. The third-order valence-corrected chi connectivity index (χ3v) is 1.36. The number of hydrogen-bond donors (Lipinski definition) is 2. The van der Waals surface area contributed by atoms with Crippen LogP contribution >= 0.6 is 0 Å². The smallest absolute Gasteiger partial charge is 0.235 e. The zero-order valence-corrected chi connectivity index (χ0v) is 7.57. The van der Waals surface area contributed by atoms with E-state index in [4.69, 9.17) is 10.2 Å². The summed E-state index contributed by atoms with van der Waals surface area (Å²) in [5, 5.41) is 9.94. The molecule has 1 aromatic heterocycles. The van der Waals surface area contributed by atoms with Crippen molar-refractivity contribution in [3.63, 3.8) is 0 Å². The van der Waals surface area contributed by atoms with Gasteiger partial charge in [-0.3, -0.25) is 4.79 Å². The number of carbonyl (C=O) groups is 1. The molecule has 0 aliphatic carbocycles. The predicted octanol–water partition coefficient (Wildman–Crippen LogP) is -0.275. The minimum absolute atomic E-state index is 0.138. The summed E-state index contributed by atoms with van der Waals surface area (Å²) in [5.41, 5.74) is 5.50. The molecule has 0 aromatic carbocycles. The second kappa shape index (κ2) is 3.99. The molecular weight excluding hydrogens is 172 g/mol. The summed E-state index contributed by atoms with van der Waals surface area (Å²) in [6.07, 6.45) is 0. The Bertz CT molecular complexity index is 294. The fourth-order valence-electron chi connectivity index (χ4n) is 0.722. The second-order valence-electron chi connectivity index (χ2n) is 2.73. The van der Waals surface area contributed by atoms with Gasteiger partial charge >= 0.3 is 0 Å². The summed E-state index contributed by atoms with van der Waals surface area (Å²) in [4.78, 5) is 10.5. The largest absolute Gasteiger partial charge is 0.422 e. The van der Waals surface area contributed by atoms with Crippen LogP contribution in [-0.4, -0.2) is 16.1 Å². The Labute approximate surface area is 75.5 Å². The van der Waals surface area contributed by atoms with E-state index in [0.717, 1.165) is 0 Å². The standard InChI is InChI=1S/C7H12N4O2/c1-4(8)7-11-10-6(13-7)3-9-5(2)12/h4H,3,8H2,1-2H3,(H,9,12). The maximum Gasteiger partial charge on any atom is 0.235 e. The van der Waals surface area contributed by atoms with Gasteiger partial charge in [-0.05, 0) is 6.92 Å². The average Bonchev–Trinajstić information content (AvgIpc) is 2.48. The van der Waals surface area contributed by atoms with E-state index in [9.17, 15) is 4.79 Å². The molecule has 0 aliphatic heterocycles. The van der Waals surface area contributed by atoms with Crippen LogP contribution in [-0.2, 0) is 11.3 Å². The second-order valence-corrected chi connectivity index (χ2v) is 2.73. The van der Waals surface area contributed by atoms with Gasteiger partial charge in [-0.1, -0.05) is 0 Å². The number of carbonyl (C=O) groups excluding carboxylic acids is 1. The first-order valence-corrected chi connectivity index (χ1v) is 3.92. The summed E-state index contributed by atoms with van der Waals surface area (Å²) < 4.78 is 5.13. The number of amides is 1. The van der Waals surface area contributed by atoms with Gasteiger partial charge in [0.05, 0.1) is 12.6 Å². The van der Waals surface area contributed by atoms with Gasteiger partial charge in [-0.15, -0.1) is 10.2 Å². The van der Waals surface area contributed by atoms with Crippen molar-refractivity contribution in [2.45, 2.75) is 26.4 Å². The van der Waals surface area contributed by atoms with Crippen molar-refractivity contribution in [1.29, 1.82) is 0 Å². The van der Waals surface area contributed by atoms with E-state index >= 15 is 0 Å². The quantitative estimate of drug-likeness (QED) is 0.674. The zero-order chi connectivity index (χ0) is 9.84. The molecule has 0 saturated heterocycles. The molecular formula is C7H12N4O2. The first-order chi connectivity index (χ1) is 6.09. The van der Waals surface area contributed by atoms with Crippen LogP contribution in [0.25, 0.3) is 0 Å². The van der Waals surface area contributed by atoms with E-state index in [1.54, 1.807) is 6.92 Å². The number of nitrogens with two attached hydrogens (primary N) is 1. The van der Waals surface area contributed by atoms with Gasteiger partial charge in [0.1, 0.15) is 0 Å². The number of rotatable bonds is 3. The molecule has 1 atom stereocenters. The van der Waals surface area contributed by atoms with E-state index in [1.807, 2.05) is 0 Å². The molecule has 6 heteroatoms. The first kappa shape index (κ1) is 9.66. The minimum atomic E-state index is -0.279. The normalized spacial score (nSPS) is 12.5. The minimum Gasteiger partial charge on any atom is -0.422 e. The molecule has 1 amide bonds. The van der Waals surface area contributed by atoms with Gasteiger partial charge in [0.2, 0.25) is 17.7 Å². The van der Waals surface area contributed by atoms with Gasteiger partial charge in [0, 0.05) is 6.92 Å². The molecule has 0 radical (unpaired) electrons. The van der Waals surface area contributed by atoms with Crippen LogP contribution < -0.4 is 11.1 Å². The summed E-state index contributed by atoms with van der Waals surface area (Å²) in [6.45, 7) is 3.41. The van der Waals surface area contributed by atoms with Crippen molar-refractivity contribution in [2.24, 2.45) is 5.73 Å². The lowest BCUT2D eigenvalue weighted by Crippen LogP contribution is -2.19. The Morgan fingerprint density at radius 3 is 2.85 bits per heavy atom. The SMILES string of the molecule is CC(=O)NCc1nnc(C(C)N)o1. The van der Waals surface area contributed by atoms with Crippen LogP contribution in [0.2, 0.25) is 0 Å². The predicted molar refractivity (Wildman–Crippen MR) is 44.4 cm³/mol. The van der Waals surface area contributed by atoms with Crippen molar-refractivity contribution in [3.05, 3.63) is 11.8 Å². The van der Waals surface area contributed by atoms with E-state index in [0.29, 0.717) is 11.8 Å². The van der Waals surface area contributed by atoms with Gasteiger partial charge in [-0.25, -0.2) is 0 Å². The highest BCUT2D eigenvalue weighted by Gasteiger charge is 2.09. The van der Waals surface area contributed by atoms with Crippen molar-refractivity contribution < 1.29 is 9.21 Å². The highest BCUT2D eigenvalue weighted by molar-refractivity contribution is 5.72. The van der Waals surface area contributed by atoms with E-state index < -0.39 is 0 Å². The summed E-state index contributed by atoms with van der Waals surface area (Å²) in [7, 11) is 0. The molecule has 72 valence electrons. The van der Waals surface area contributed by atoms with Crippen LogP contribution in [0, 0.1) is 0 Å². The summed E-state index contributed by atoms with van der Waals surface area (Å²) in [5.74, 6) is 0.600. The molecule has 1 rings (SSSR count). The molecule has 3 N–H and O–H groups in total. The Morgan fingerprint density at radius 1 is 1.69 bits per heavy atom. The van der Waals surface area contributed by atoms with Crippen LogP contribution in [0.15, 0.2) is 4.42 Å². The molecule has 0 bridgehead atoms. The average molecular weight is 184 g/mol. The number of nitrogens with zero attached hydrogens (tertiary/aromatic N) is 2. The Hall–Kier alpha value is -1.43. The highest BCUT2D eigenvalue weighted by atomic mass is 16.4. The molecule has 0 spiro atoms. The monoisotopic (exact) mass is 184 g/mol. The lowest BCUT2D eigenvalue weighted by atomic mass is 10.4. The van der Waals surface area contributed by atoms with Crippen LogP contribution in [0.3, 0.4) is 0 Å². The van der Waals surface area contributed by atoms with Gasteiger partial charge in [0.25, 0.3) is 0 Å². The van der Waals surface area contributed by atoms with Crippen molar-refractivity contribution >= 4 is 5.91 Å². The third-order valence-electron chi connectivity index (χ3n) is 1.36. The fourth-order valence-corrected chi connectivity index (χ4v) is 0.722. The lowest BCUT2D eigenvalue weighted by Gasteiger charge is -1.96. The van der Waals surface area contributed by atoms with Crippen LogP contribution in [0.1, 0.15) is 31.7 Å². The van der Waals surface area contributed by atoms with Crippen molar-refractivity contribution in [2.75, 3.05) is 0 Å². The third kappa shape index (κ3) is 2.83. The molecule has 13 heavy (non-hydrogen) atoms. The summed E-state index contributed by atoms with van der Waals surface area (Å²) >= 11 is 0. The zero-order valence-electron chi connectivity index (χ0n) is 7.57. The molecule has 1 heterocycles. The lowest BCUT2D eigenvalue weighted by molar-refractivity contribution is -0.119. The molecule has 1 aromatic rings. The molecule has 0 fully saturated rings. The molecule has 0 aliphatic rings. The van der Waals surface area contributed by atoms with Crippen molar-refractivity contribution in [3.8, 4) is 0 Å². The Kier molecular flexibility index (Phi) is 2.97. The maximum absolute atomic E-state index is 10.5. The summed E-state index contributed by atoms with van der Waals surface area (Å²) in [6, 6.07) is -0.279.